The predicted octanol–water partition coefficient (Wildman–Crippen LogP) is 2.72. The lowest BCUT2D eigenvalue weighted by atomic mass is 10.2. The number of carbonyl (C=O) groups is 1. The number of pyridine rings is 1. The van der Waals surface area contributed by atoms with E-state index in [9.17, 15) is 4.79 Å². The second-order valence-corrected chi connectivity index (χ2v) is 5.24. The zero-order valence-electron chi connectivity index (χ0n) is 10.7. The van der Waals surface area contributed by atoms with Crippen molar-refractivity contribution in [3.05, 3.63) is 53.3 Å². The van der Waals surface area contributed by atoms with Crippen LogP contribution >= 0.6 is 11.3 Å². The molecule has 0 radical (unpaired) electrons. The lowest BCUT2D eigenvalue weighted by Crippen LogP contribution is -2.26. The minimum Gasteiger partial charge on any atom is -0.379 e. The number of fused-ring (bicyclic) bond motifs is 1. The number of hydrogen-bond donors (Lipinski definition) is 1. The molecule has 3 aromatic rings. The Morgan fingerprint density at radius 2 is 2.05 bits per heavy atom. The Balaban J connectivity index is 1.71. The second kappa shape index (κ2) is 5.26. The van der Waals surface area contributed by atoms with Crippen molar-refractivity contribution in [3.8, 4) is 5.75 Å². The second-order valence-electron chi connectivity index (χ2n) is 4.21. The number of aryl methyl sites for hydroxylation is 1. The van der Waals surface area contributed by atoms with Crippen LogP contribution in [0.3, 0.4) is 0 Å². The average Bonchev–Trinajstić information content (AvgIpc) is 2.90. The van der Waals surface area contributed by atoms with E-state index in [4.69, 9.17) is 4.84 Å². The predicted molar refractivity (Wildman–Crippen MR) is 76.7 cm³/mol. The maximum atomic E-state index is 11.9. The molecule has 6 heteroatoms. The summed E-state index contributed by atoms with van der Waals surface area (Å²) in [5.74, 6) is 0.207. The summed E-state index contributed by atoms with van der Waals surface area (Å²) in [6.45, 7) is 1.98. The molecule has 0 aliphatic heterocycles. The van der Waals surface area contributed by atoms with Crippen molar-refractivity contribution >= 4 is 27.5 Å². The van der Waals surface area contributed by atoms with Crippen LogP contribution in [-0.4, -0.2) is 15.9 Å². The van der Waals surface area contributed by atoms with Gasteiger partial charge in [0, 0.05) is 12.4 Å². The van der Waals surface area contributed by atoms with Crippen molar-refractivity contribution in [2.24, 2.45) is 0 Å². The first-order valence-corrected chi connectivity index (χ1v) is 6.78. The molecule has 1 aromatic carbocycles. The van der Waals surface area contributed by atoms with Gasteiger partial charge in [0.2, 0.25) is 0 Å². The van der Waals surface area contributed by atoms with Crippen LogP contribution < -0.4 is 10.3 Å². The molecular formula is C14H11N3O2S. The van der Waals surface area contributed by atoms with E-state index in [0.717, 1.165) is 15.8 Å². The first-order valence-electron chi connectivity index (χ1n) is 5.97. The first kappa shape index (κ1) is 12.6. The summed E-state index contributed by atoms with van der Waals surface area (Å²) in [4.78, 5) is 25.4. The zero-order chi connectivity index (χ0) is 13.9. The molecule has 3 rings (SSSR count). The normalized spacial score (nSPS) is 10.4. The van der Waals surface area contributed by atoms with Crippen molar-refractivity contribution in [2.45, 2.75) is 6.92 Å². The van der Waals surface area contributed by atoms with Gasteiger partial charge in [-0.3, -0.25) is 9.78 Å². The van der Waals surface area contributed by atoms with Gasteiger partial charge in [-0.2, -0.15) is 5.48 Å². The number of hydroxylamine groups is 1. The molecule has 0 aliphatic carbocycles. The van der Waals surface area contributed by atoms with Crippen LogP contribution in [0.15, 0.2) is 42.7 Å². The standard InChI is InChI=1S/C14H11N3O2S/c1-9-2-4-10(5-3-9)19-17-13(18)14-16-11-6-7-15-8-12(11)20-14/h2-8H,1H3,(H,17,18). The quantitative estimate of drug-likeness (QED) is 0.751. The van der Waals surface area contributed by atoms with Gasteiger partial charge in [-0.15, -0.1) is 11.3 Å². The maximum absolute atomic E-state index is 11.9. The highest BCUT2D eigenvalue weighted by atomic mass is 32.1. The molecule has 0 unspecified atom stereocenters. The molecular weight excluding hydrogens is 274 g/mol. The van der Waals surface area contributed by atoms with Crippen molar-refractivity contribution in [2.75, 3.05) is 0 Å². The molecule has 100 valence electrons. The number of carbonyl (C=O) groups excluding carboxylic acids is 1. The van der Waals surface area contributed by atoms with E-state index in [2.05, 4.69) is 15.4 Å². The molecule has 20 heavy (non-hydrogen) atoms. The zero-order valence-corrected chi connectivity index (χ0v) is 11.5. The molecule has 0 saturated heterocycles. The fourth-order valence-electron chi connectivity index (χ4n) is 1.63. The molecule has 0 spiro atoms. The minimum atomic E-state index is -0.369. The van der Waals surface area contributed by atoms with Crippen molar-refractivity contribution < 1.29 is 9.63 Å². The number of hydrogen-bond acceptors (Lipinski definition) is 5. The molecule has 0 bridgehead atoms. The molecule has 1 amide bonds. The molecule has 0 fully saturated rings. The van der Waals surface area contributed by atoms with Crippen LogP contribution in [0.25, 0.3) is 10.2 Å². The van der Waals surface area contributed by atoms with Gasteiger partial charge in [-0.05, 0) is 25.1 Å². The summed E-state index contributed by atoms with van der Waals surface area (Å²) in [5.41, 5.74) is 4.27. The average molecular weight is 285 g/mol. The molecule has 0 atom stereocenters. The molecule has 1 N–H and O–H groups in total. The van der Waals surface area contributed by atoms with Gasteiger partial charge >= 0.3 is 5.91 Å². The summed E-state index contributed by atoms with van der Waals surface area (Å²) in [6, 6.07) is 9.16. The number of nitrogens with zero attached hydrogens (tertiary/aromatic N) is 2. The SMILES string of the molecule is Cc1ccc(ONC(=O)c2nc3ccncc3s2)cc1. The van der Waals surface area contributed by atoms with E-state index in [1.165, 1.54) is 11.3 Å². The van der Waals surface area contributed by atoms with Crippen LogP contribution in [0.2, 0.25) is 0 Å². The van der Waals surface area contributed by atoms with Gasteiger partial charge in [0.25, 0.3) is 0 Å². The Kier molecular flexibility index (Phi) is 3.30. The van der Waals surface area contributed by atoms with Crippen LogP contribution in [-0.2, 0) is 0 Å². The Morgan fingerprint density at radius 3 is 2.80 bits per heavy atom. The van der Waals surface area contributed by atoms with E-state index < -0.39 is 0 Å². The lowest BCUT2D eigenvalue weighted by molar-refractivity contribution is 0.0760. The Morgan fingerprint density at radius 1 is 1.25 bits per heavy atom. The highest BCUT2D eigenvalue weighted by molar-refractivity contribution is 7.20. The van der Waals surface area contributed by atoms with Crippen molar-refractivity contribution in [1.29, 1.82) is 0 Å². The van der Waals surface area contributed by atoms with E-state index in [-0.39, 0.29) is 5.91 Å². The summed E-state index contributed by atoms with van der Waals surface area (Å²) in [5, 5.41) is 0.347. The van der Waals surface area contributed by atoms with Crippen LogP contribution in [0.5, 0.6) is 5.75 Å². The van der Waals surface area contributed by atoms with E-state index >= 15 is 0 Å². The third-order valence-electron chi connectivity index (χ3n) is 2.67. The third-order valence-corrected chi connectivity index (χ3v) is 3.67. The molecule has 0 aliphatic rings. The molecule has 5 nitrogen and oxygen atoms in total. The number of amides is 1. The molecule has 0 saturated carbocycles. The first-order chi connectivity index (χ1) is 9.72. The van der Waals surface area contributed by atoms with Crippen LogP contribution in [0.4, 0.5) is 0 Å². The monoisotopic (exact) mass is 285 g/mol. The smallest absolute Gasteiger partial charge is 0.312 e. The highest BCUT2D eigenvalue weighted by Gasteiger charge is 2.12. The van der Waals surface area contributed by atoms with Gasteiger partial charge < -0.3 is 4.84 Å². The van der Waals surface area contributed by atoms with Crippen molar-refractivity contribution in [3.63, 3.8) is 0 Å². The van der Waals surface area contributed by atoms with Crippen LogP contribution in [0.1, 0.15) is 15.4 Å². The largest absolute Gasteiger partial charge is 0.379 e. The van der Waals surface area contributed by atoms with Crippen molar-refractivity contribution in [1.82, 2.24) is 15.4 Å². The lowest BCUT2D eigenvalue weighted by Gasteiger charge is -2.05. The van der Waals surface area contributed by atoms with Crippen LogP contribution in [0, 0.1) is 6.92 Å². The van der Waals surface area contributed by atoms with E-state index in [0.29, 0.717) is 10.8 Å². The number of rotatable bonds is 3. The summed E-state index contributed by atoms with van der Waals surface area (Å²) >= 11 is 1.28. The van der Waals surface area contributed by atoms with Gasteiger partial charge in [-0.25, -0.2) is 4.98 Å². The Hall–Kier alpha value is -2.47. The van der Waals surface area contributed by atoms with Gasteiger partial charge in [0.15, 0.2) is 10.8 Å². The minimum absolute atomic E-state index is 0.347. The summed E-state index contributed by atoms with van der Waals surface area (Å²) < 4.78 is 0.869. The fraction of sp³-hybridized carbons (Fsp3) is 0.0714. The van der Waals surface area contributed by atoms with E-state index in [1.54, 1.807) is 30.6 Å². The number of nitrogens with one attached hydrogen (secondary N) is 1. The number of thiazole rings is 1. The van der Waals surface area contributed by atoms with Gasteiger partial charge in [-0.1, -0.05) is 17.7 Å². The Labute approximate surface area is 119 Å². The third kappa shape index (κ3) is 2.60. The summed E-state index contributed by atoms with van der Waals surface area (Å²) in [7, 11) is 0. The van der Waals surface area contributed by atoms with Gasteiger partial charge in [0.1, 0.15) is 0 Å². The maximum Gasteiger partial charge on any atom is 0.312 e. The highest BCUT2D eigenvalue weighted by Crippen LogP contribution is 2.20. The number of benzene rings is 1. The van der Waals surface area contributed by atoms with E-state index in [1.807, 2.05) is 19.1 Å². The topological polar surface area (TPSA) is 64.1 Å². The summed E-state index contributed by atoms with van der Waals surface area (Å²) in [6.07, 6.45) is 3.33. The molecule has 2 aromatic heterocycles. The fourth-order valence-corrected chi connectivity index (χ4v) is 2.45. The number of aromatic nitrogens is 2. The molecule has 2 heterocycles. The van der Waals surface area contributed by atoms with Gasteiger partial charge in [0.05, 0.1) is 10.2 Å². The Bertz CT molecular complexity index is 719.